The van der Waals surface area contributed by atoms with Gasteiger partial charge >= 0.3 is 7.82 Å². The molecule has 4 heterocycles. The fraction of sp³-hybridized carbons (Fsp3) is 0.718. The van der Waals surface area contributed by atoms with Crippen molar-refractivity contribution in [1.82, 2.24) is 24.6 Å². The number of nitrogen functional groups attached to an aromatic ring is 1. The predicted octanol–water partition coefficient (Wildman–Crippen LogP) is 6.31. The van der Waals surface area contributed by atoms with Gasteiger partial charge in [-0.25, -0.2) is 19.0 Å². The molecule has 56 heavy (non-hydrogen) atoms. The van der Waals surface area contributed by atoms with Gasteiger partial charge in [-0.1, -0.05) is 103 Å². The quantitative estimate of drug-likeness (QED) is 0.0445. The molecule has 0 aliphatic carbocycles. The molecule has 312 valence electrons. The Morgan fingerprint density at radius 2 is 1.61 bits per heavy atom. The summed E-state index contributed by atoms with van der Waals surface area (Å²) in [7, 11) is -4.71. The number of nitrogens with two attached hydrogens (primary N) is 1. The van der Waals surface area contributed by atoms with E-state index in [9.17, 15) is 19.7 Å². The molecule has 5 atom stereocenters. The lowest BCUT2D eigenvalue weighted by Gasteiger charge is -2.32. The lowest BCUT2D eigenvalue weighted by atomic mass is 9.86. The van der Waals surface area contributed by atoms with E-state index >= 15 is 0 Å². The van der Waals surface area contributed by atoms with Gasteiger partial charge in [-0.15, -0.1) is 0 Å². The van der Waals surface area contributed by atoms with Crippen molar-refractivity contribution < 1.29 is 42.9 Å². The van der Waals surface area contributed by atoms with Gasteiger partial charge in [-0.2, -0.15) is 10.4 Å². The van der Waals surface area contributed by atoms with Crippen LogP contribution in [0.3, 0.4) is 0 Å². The minimum Gasteiger partial charge on any atom is -0.386 e. The Hall–Kier alpha value is -3.10. The molecule has 0 aromatic carbocycles. The first-order chi connectivity index (χ1) is 27.0. The highest BCUT2D eigenvalue weighted by molar-refractivity contribution is 7.47. The highest BCUT2D eigenvalue weighted by atomic mass is 31.2. The van der Waals surface area contributed by atoms with E-state index in [1.54, 1.807) is 12.1 Å². The average Bonchev–Trinajstić information content (AvgIpc) is 3.74. The van der Waals surface area contributed by atoms with Crippen molar-refractivity contribution in [2.75, 3.05) is 38.8 Å². The highest BCUT2D eigenvalue weighted by Gasteiger charge is 2.58. The maximum atomic E-state index is 13.0. The van der Waals surface area contributed by atoms with E-state index < -0.39 is 37.8 Å². The van der Waals surface area contributed by atoms with E-state index in [-0.39, 0.29) is 43.6 Å². The van der Waals surface area contributed by atoms with E-state index in [0.29, 0.717) is 17.8 Å². The van der Waals surface area contributed by atoms with Crippen LogP contribution in [0.2, 0.25) is 0 Å². The molecule has 0 amide bonds. The van der Waals surface area contributed by atoms with Gasteiger partial charge in [-0.05, 0) is 25.5 Å². The van der Waals surface area contributed by atoms with Crippen LogP contribution in [0.1, 0.15) is 134 Å². The second kappa shape index (κ2) is 23.3. The molecule has 17 heteroatoms. The number of aliphatic hydroxyl groups is 2. The second-order valence-corrected chi connectivity index (χ2v) is 16.4. The summed E-state index contributed by atoms with van der Waals surface area (Å²) in [6, 6.07) is 5.07. The molecule has 4 rings (SSSR count). The molecule has 3 aromatic rings. The fourth-order valence-electron chi connectivity index (χ4n) is 6.78. The molecule has 1 saturated heterocycles. The van der Waals surface area contributed by atoms with Gasteiger partial charge in [0.1, 0.15) is 35.7 Å². The third-order valence-corrected chi connectivity index (χ3v) is 11.2. The molecule has 0 bridgehead atoms. The SMILES string of the molecule is CCCCCCCCCCCCCCCCCCOC[C@@H](COP(=O)(O)OC[C@@]1(C)OCC(O)(c2ccc3c(N)ncnn23)[C@@H]1O)OCc1cnc(C#N)cn1. The first-order valence-corrected chi connectivity index (χ1v) is 21.7. The molecule has 1 aliphatic heterocycles. The van der Waals surface area contributed by atoms with Crippen LogP contribution in [0.25, 0.3) is 5.52 Å². The van der Waals surface area contributed by atoms with Gasteiger partial charge in [0.15, 0.2) is 17.1 Å². The van der Waals surface area contributed by atoms with Gasteiger partial charge in [0, 0.05) is 6.61 Å². The van der Waals surface area contributed by atoms with E-state index in [0.717, 1.165) is 19.3 Å². The summed E-state index contributed by atoms with van der Waals surface area (Å²) < 4.78 is 42.5. The van der Waals surface area contributed by atoms with Crippen LogP contribution in [-0.2, 0) is 40.0 Å². The number of fused-ring (bicyclic) bond motifs is 1. The molecule has 0 spiro atoms. The first-order valence-electron chi connectivity index (χ1n) is 20.2. The molecule has 1 fully saturated rings. The van der Waals surface area contributed by atoms with Gasteiger partial charge in [-0.3, -0.25) is 14.0 Å². The van der Waals surface area contributed by atoms with Crippen LogP contribution < -0.4 is 5.73 Å². The summed E-state index contributed by atoms with van der Waals surface area (Å²) in [5.41, 5.74) is 3.63. The summed E-state index contributed by atoms with van der Waals surface area (Å²) >= 11 is 0. The van der Waals surface area contributed by atoms with Crippen molar-refractivity contribution in [3.8, 4) is 6.07 Å². The van der Waals surface area contributed by atoms with Crippen molar-refractivity contribution in [1.29, 1.82) is 5.26 Å². The largest absolute Gasteiger partial charge is 0.472 e. The molecule has 0 saturated carbocycles. The van der Waals surface area contributed by atoms with Crippen LogP contribution in [0.5, 0.6) is 0 Å². The zero-order valence-corrected chi connectivity index (χ0v) is 34.0. The minimum atomic E-state index is -4.71. The molecule has 3 aromatic heterocycles. The van der Waals surface area contributed by atoms with Crippen LogP contribution in [0.4, 0.5) is 5.82 Å². The molecule has 1 aliphatic rings. The van der Waals surface area contributed by atoms with Crippen molar-refractivity contribution in [2.24, 2.45) is 0 Å². The van der Waals surface area contributed by atoms with Gasteiger partial charge in [0.2, 0.25) is 0 Å². The average molecular weight is 804 g/mol. The zero-order valence-electron chi connectivity index (χ0n) is 33.1. The smallest absolute Gasteiger partial charge is 0.386 e. The normalized spacial score (nSPS) is 21.3. The number of rotatable bonds is 29. The number of aliphatic hydroxyl groups excluding tert-OH is 1. The minimum absolute atomic E-state index is 0.00654. The number of aromatic nitrogens is 5. The van der Waals surface area contributed by atoms with Crippen molar-refractivity contribution in [2.45, 2.75) is 147 Å². The molecular weight excluding hydrogens is 741 g/mol. The number of nitriles is 1. The summed E-state index contributed by atoms with van der Waals surface area (Å²) in [6.07, 6.45) is 22.0. The standard InChI is InChI=1S/C39H62N7O9P/c1-3-4-5-6-7-8-9-10-11-12-13-14-15-16-17-18-21-51-26-33(52-25-32-24-42-31(22-40)23-43-32)27-54-56(49,50)55-28-38(2)37(47)39(48,29-53-38)35-20-19-34-36(41)44-30-45-46(34)35/h19-20,23-24,30,33,37,47-48H,3-18,21,25-29H2,1-2H3,(H,49,50)(H2,41,44,45)/t33-,37+,38+,39?/m0/s1. The van der Waals surface area contributed by atoms with Crippen LogP contribution in [0, 0.1) is 11.3 Å². The van der Waals surface area contributed by atoms with Crippen LogP contribution in [0.15, 0.2) is 30.9 Å². The maximum Gasteiger partial charge on any atom is 0.472 e. The van der Waals surface area contributed by atoms with Gasteiger partial charge in [0.05, 0.1) is 56.8 Å². The van der Waals surface area contributed by atoms with E-state index in [4.69, 9.17) is 34.3 Å². The second-order valence-electron chi connectivity index (χ2n) is 14.9. The molecule has 5 N–H and O–H groups in total. The number of phosphoric acid groups is 1. The summed E-state index contributed by atoms with van der Waals surface area (Å²) in [6.45, 7) is 2.96. The summed E-state index contributed by atoms with van der Waals surface area (Å²) in [4.78, 5) is 22.7. The number of phosphoric ester groups is 1. The molecule has 2 unspecified atom stereocenters. The van der Waals surface area contributed by atoms with Crippen LogP contribution >= 0.6 is 7.82 Å². The molecular formula is C39H62N7O9P. The number of ether oxygens (including phenoxy) is 3. The van der Waals surface area contributed by atoms with Crippen molar-refractivity contribution >= 4 is 19.2 Å². The molecule has 16 nitrogen and oxygen atoms in total. The Balaban J connectivity index is 1.16. The third-order valence-electron chi connectivity index (χ3n) is 10.2. The van der Waals surface area contributed by atoms with E-state index in [2.05, 4.69) is 27.0 Å². The zero-order chi connectivity index (χ0) is 40.3. The van der Waals surface area contributed by atoms with Crippen molar-refractivity contribution in [3.63, 3.8) is 0 Å². The Labute approximate surface area is 330 Å². The van der Waals surface area contributed by atoms with Gasteiger partial charge < -0.3 is 35.1 Å². The maximum absolute atomic E-state index is 13.0. The number of hydrogen-bond acceptors (Lipinski definition) is 14. The first kappa shape index (κ1) is 45.6. The lowest BCUT2D eigenvalue weighted by Crippen LogP contribution is -2.49. The summed E-state index contributed by atoms with van der Waals surface area (Å²) in [5, 5.41) is 35.9. The Kier molecular flexibility index (Phi) is 19.0. The number of nitrogens with zero attached hydrogens (tertiary/aromatic N) is 6. The molecule has 0 radical (unpaired) electrons. The van der Waals surface area contributed by atoms with Crippen molar-refractivity contribution in [3.05, 3.63) is 47.9 Å². The third kappa shape index (κ3) is 14.1. The number of unbranched alkanes of at least 4 members (excludes halogenated alkanes) is 15. The monoisotopic (exact) mass is 803 g/mol. The number of anilines is 1. The van der Waals surface area contributed by atoms with Gasteiger partial charge in [0.25, 0.3) is 0 Å². The Morgan fingerprint density at radius 3 is 2.21 bits per heavy atom. The highest BCUT2D eigenvalue weighted by Crippen LogP contribution is 2.47. The van der Waals surface area contributed by atoms with E-state index in [1.165, 1.54) is 114 Å². The lowest BCUT2D eigenvalue weighted by molar-refractivity contribution is -0.101. The summed E-state index contributed by atoms with van der Waals surface area (Å²) in [5.74, 6) is 0.186. The van der Waals surface area contributed by atoms with Crippen LogP contribution in [-0.4, -0.2) is 90.5 Å². The number of hydrogen-bond donors (Lipinski definition) is 4. The fourth-order valence-corrected chi connectivity index (χ4v) is 7.63. The Morgan fingerprint density at radius 1 is 0.964 bits per heavy atom. The topological polar surface area (TPSA) is 230 Å². The Bertz CT molecular complexity index is 1680. The van der Waals surface area contributed by atoms with E-state index in [1.807, 2.05) is 6.07 Å². The predicted molar refractivity (Wildman–Crippen MR) is 209 cm³/mol.